The van der Waals surface area contributed by atoms with E-state index in [1.807, 2.05) is 58.0 Å². The summed E-state index contributed by atoms with van der Waals surface area (Å²) in [5, 5.41) is 0. The van der Waals surface area contributed by atoms with E-state index >= 15 is 0 Å². The molecule has 0 spiro atoms. The van der Waals surface area contributed by atoms with Crippen LogP contribution >= 0.6 is 0 Å². The highest BCUT2D eigenvalue weighted by Crippen LogP contribution is 2.25. The number of H-pyrrole nitrogens is 1. The highest BCUT2D eigenvalue weighted by Gasteiger charge is 2.22. The molecular weight excluding hydrogens is 264 g/mol. The summed E-state index contributed by atoms with van der Waals surface area (Å²) in [5.41, 5.74) is 1.41. The van der Waals surface area contributed by atoms with Gasteiger partial charge in [0.25, 0.3) is 5.56 Å². The average Bonchev–Trinajstić information content (AvgIpc) is 2.44. The quantitative estimate of drug-likeness (QED) is 0.939. The van der Waals surface area contributed by atoms with Crippen molar-refractivity contribution < 1.29 is 4.74 Å². The van der Waals surface area contributed by atoms with Crippen LogP contribution in [0.3, 0.4) is 0 Å². The van der Waals surface area contributed by atoms with Crippen molar-refractivity contribution in [2.24, 2.45) is 0 Å². The van der Waals surface area contributed by atoms with Gasteiger partial charge in [-0.3, -0.25) is 4.79 Å². The topological polar surface area (TPSA) is 55.0 Å². The number of aromatic nitrogens is 2. The second-order valence-corrected chi connectivity index (χ2v) is 6.01. The summed E-state index contributed by atoms with van der Waals surface area (Å²) in [5.74, 6) is 0.556. The van der Waals surface area contributed by atoms with Gasteiger partial charge in [0.05, 0.1) is 5.69 Å². The van der Waals surface area contributed by atoms with Crippen molar-refractivity contribution in [3.8, 4) is 0 Å². The maximum absolute atomic E-state index is 11.9. The Bertz CT molecular complexity index is 642. The highest BCUT2D eigenvalue weighted by atomic mass is 16.5. The molecule has 1 N–H and O–H groups in total. The summed E-state index contributed by atoms with van der Waals surface area (Å²) in [7, 11) is 0. The third-order valence-electron chi connectivity index (χ3n) is 3.21. The smallest absolute Gasteiger partial charge is 0.251 e. The first kappa shape index (κ1) is 15.4. The second-order valence-electron chi connectivity index (χ2n) is 6.01. The molecule has 4 nitrogen and oxygen atoms in total. The Balaban J connectivity index is 2.51. The molecule has 1 atom stereocenters. The van der Waals surface area contributed by atoms with Crippen LogP contribution in [0.25, 0.3) is 0 Å². The van der Waals surface area contributed by atoms with E-state index in [1.54, 1.807) is 6.07 Å². The normalized spacial score (nSPS) is 13.1. The first-order valence-corrected chi connectivity index (χ1v) is 7.20. The Kier molecular flexibility index (Phi) is 4.58. The monoisotopic (exact) mass is 286 g/mol. The molecule has 1 unspecified atom stereocenters. The zero-order valence-corrected chi connectivity index (χ0v) is 13.0. The SMILES string of the molecule is CCOC(c1ccccc1)c1nc(C(C)(C)C)cc(=O)[nH]1. The minimum atomic E-state index is -0.355. The molecule has 0 amide bonds. The first-order valence-electron chi connectivity index (χ1n) is 7.20. The van der Waals surface area contributed by atoms with E-state index in [0.717, 1.165) is 11.3 Å². The fraction of sp³-hybridized carbons (Fsp3) is 0.412. The van der Waals surface area contributed by atoms with Gasteiger partial charge in [-0.25, -0.2) is 4.98 Å². The Morgan fingerprint density at radius 2 is 1.90 bits per heavy atom. The Morgan fingerprint density at radius 3 is 2.48 bits per heavy atom. The fourth-order valence-corrected chi connectivity index (χ4v) is 2.11. The maximum Gasteiger partial charge on any atom is 0.251 e. The molecule has 0 bridgehead atoms. The van der Waals surface area contributed by atoms with Gasteiger partial charge in [0.15, 0.2) is 0 Å². The van der Waals surface area contributed by atoms with Crippen LogP contribution in [0, 0.1) is 0 Å². The molecule has 1 heterocycles. The molecule has 1 aromatic heterocycles. The Labute approximate surface area is 125 Å². The zero-order chi connectivity index (χ0) is 15.5. The number of nitrogens with one attached hydrogen (secondary N) is 1. The molecule has 0 saturated heterocycles. The molecule has 0 fully saturated rings. The Hall–Kier alpha value is -1.94. The predicted molar refractivity (Wildman–Crippen MR) is 83.5 cm³/mol. The van der Waals surface area contributed by atoms with Crippen LogP contribution in [-0.4, -0.2) is 16.6 Å². The molecule has 0 aliphatic rings. The van der Waals surface area contributed by atoms with Crippen molar-refractivity contribution in [1.82, 2.24) is 9.97 Å². The van der Waals surface area contributed by atoms with Crippen molar-refractivity contribution in [3.63, 3.8) is 0 Å². The van der Waals surface area contributed by atoms with E-state index in [1.165, 1.54) is 0 Å². The molecule has 21 heavy (non-hydrogen) atoms. The van der Waals surface area contributed by atoms with E-state index in [2.05, 4.69) is 9.97 Å². The zero-order valence-electron chi connectivity index (χ0n) is 13.0. The van der Waals surface area contributed by atoms with E-state index in [0.29, 0.717) is 12.4 Å². The number of benzene rings is 1. The molecule has 112 valence electrons. The van der Waals surface area contributed by atoms with Crippen LogP contribution in [0.15, 0.2) is 41.2 Å². The lowest BCUT2D eigenvalue weighted by Gasteiger charge is -2.21. The molecule has 1 aromatic carbocycles. The van der Waals surface area contributed by atoms with E-state index in [-0.39, 0.29) is 17.1 Å². The van der Waals surface area contributed by atoms with E-state index in [4.69, 9.17) is 4.74 Å². The Morgan fingerprint density at radius 1 is 1.24 bits per heavy atom. The van der Waals surface area contributed by atoms with Crippen molar-refractivity contribution in [3.05, 3.63) is 63.8 Å². The minimum Gasteiger partial charge on any atom is -0.366 e. The third-order valence-corrected chi connectivity index (χ3v) is 3.21. The number of hydrogen-bond donors (Lipinski definition) is 1. The number of rotatable bonds is 4. The van der Waals surface area contributed by atoms with Gasteiger partial charge in [-0.05, 0) is 12.5 Å². The second kappa shape index (κ2) is 6.22. The lowest BCUT2D eigenvalue weighted by Crippen LogP contribution is -2.23. The summed E-state index contributed by atoms with van der Waals surface area (Å²) < 4.78 is 5.80. The average molecular weight is 286 g/mol. The first-order chi connectivity index (χ1) is 9.91. The van der Waals surface area contributed by atoms with E-state index < -0.39 is 0 Å². The molecule has 0 aliphatic carbocycles. The molecular formula is C17H22N2O2. The minimum absolute atomic E-state index is 0.148. The van der Waals surface area contributed by atoms with Crippen molar-refractivity contribution >= 4 is 0 Å². The summed E-state index contributed by atoms with van der Waals surface area (Å²) in [6, 6.07) is 11.4. The van der Waals surface area contributed by atoms with E-state index in [9.17, 15) is 4.79 Å². The largest absolute Gasteiger partial charge is 0.366 e. The number of ether oxygens (including phenoxy) is 1. The molecule has 0 radical (unpaired) electrons. The van der Waals surface area contributed by atoms with Gasteiger partial charge >= 0.3 is 0 Å². The van der Waals surface area contributed by atoms with Gasteiger partial charge in [-0.1, -0.05) is 51.1 Å². The molecule has 0 aliphatic heterocycles. The standard InChI is InChI=1S/C17H22N2O2/c1-5-21-15(12-9-7-6-8-10-12)16-18-13(17(2,3)4)11-14(20)19-16/h6-11,15H,5H2,1-4H3,(H,18,19,20). The summed E-state index contributed by atoms with van der Waals surface area (Å²) in [6.45, 7) is 8.59. The van der Waals surface area contributed by atoms with Crippen LogP contribution in [0.2, 0.25) is 0 Å². The number of aromatic amines is 1. The highest BCUT2D eigenvalue weighted by molar-refractivity contribution is 5.24. The van der Waals surface area contributed by atoms with Gasteiger partial charge in [0, 0.05) is 18.1 Å². The van der Waals surface area contributed by atoms with Gasteiger partial charge in [0.2, 0.25) is 0 Å². The van der Waals surface area contributed by atoms with Gasteiger partial charge in [-0.15, -0.1) is 0 Å². The lowest BCUT2D eigenvalue weighted by atomic mass is 9.92. The number of hydrogen-bond acceptors (Lipinski definition) is 3. The summed E-state index contributed by atoms with van der Waals surface area (Å²) in [4.78, 5) is 19.4. The predicted octanol–water partition coefficient (Wildman–Crippen LogP) is 3.19. The van der Waals surface area contributed by atoms with Gasteiger partial charge < -0.3 is 9.72 Å². The summed E-state index contributed by atoms with van der Waals surface area (Å²) in [6.07, 6.45) is -0.355. The third kappa shape index (κ3) is 3.79. The van der Waals surface area contributed by atoms with Crippen molar-refractivity contribution in [2.45, 2.75) is 39.2 Å². The lowest BCUT2D eigenvalue weighted by molar-refractivity contribution is 0.0846. The van der Waals surface area contributed by atoms with Crippen LogP contribution < -0.4 is 5.56 Å². The van der Waals surface area contributed by atoms with Crippen molar-refractivity contribution in [2.75, 3.05) is 6.61 Å². The van der Waals surface area contributed by atoms with Crippen LogP contribution in [-0.2, 0) is 10.2 Å². The van der Waals surface area contributed by atoms with Crippen LogP contribution in [0.5, 0.6) is 0 Å². The van der Waals surface area contributed by atoms with Crippen LogP contribution in [0.1, 0.15) is 50.9 Å². The van der Waals surface area contributed by atoms with Crippen molar-refractivity contribution in [1.29, 1.82) is 0 Å². The summed E-state index contributed by atoms with van der Waals surface area (Å²) >= 11 is 0. The molecule has 2 aromatic rings. The maximum atomic E-state index is 11.9. The molecule has 2 rings (SSSR count). The van der Waals surface area contributed by atoms with Gasteiger partial charge in [0.1, 0.15) is 11.9 Å². The number of nitrogens with zero attached hydrogens (tertiary/aromatic N) is 1. The van der Waals surface area contributed by atoms with Crippen LogP contribution in [0.4, 0.5) is 0 Å². The fourth-order valence-electron chi connectivity index (χ4n) is 2.11. The molecule has 0 saturated carbocycles. The van der Waals surface area contributed by atoms with Gasteiger partial charge in [-0.2, -0.15) is 0 Å². The molecule has 4 heteroatoms.